The summed E-state index contributed by atoms with van der Waals surface area (Å²) >= 11 is 6.27. The van der Waals surface area contributed by atoms with Gasteiger partial charge in [0.1, 0.15) is 5.75 Å². The second-order valence-electron chi connectivity index (χ2n) is 7.75. The van der Waals surface area contributed by atoms with Crippen molar-refractivity contribution in [1.29, 1.82) is 0 Å². The van der Waals surface area contributed by atoms with Crippen molar-refractivity contribution in [1.82, 2.24) is 10.6 Å². The van der Waals surface area contributed by atoms with Gasteiger partial charge in [0.2, 0.25) is 5.91 Å². The van der Waals surface area contributed by atoms with Gasteiger partial charge < -0.3 is 20.1 Å². The summed E-state index contributed by atoms with van der Waals surface area (Å²) in [6.07, 6.45) is 5.62. The van der Waals surface area contributed by atoms with E-state index in [1.165, 1.54) is 12.8 Å². The van der Waals surface area contributed by atoms with Crippen LogP contribution in [0.2, 0.25) is 5.02 Å². The van der Waals surface area contributed by atoms with E-state index < -0.39 is 0 Å². The average Bonchev–Trinajstić information content (AvgIpc) is 2.72. The van der Waals surface area contributed by atoms with Crippen LogP contribution in [0, 0.1) is 5.92 Å². The molecule has 2 N–H and O–H groups in total. The lowest BCUT2D eigenvalue weighted by Crippen LogP contribution is -2.45. The molecule has 158 valence electrons. The highest BCUT2D eigenvalue weighted by molar-refractivity contribution is 6.30. The van der Waals surface area contributed by atoms with E-state index in [1.807, 2.05) is 18.2 Å². The Morgan fingerprint density at radius 1 is 1.32 bits per heavy atom. The minimum atomic E-state index is -0.196. The molecule has 1 aromatic carbocycles. The number of carbonyl (C=O) groups excluding carboxylic acids is 1. The molecular weight excluding hydrogens is 399 g/mol. The van der Waals surface area contributed by atoms with E-state index in [0.717, 1.165) is 43.7 Å². The van der Waals surface area contributed by atoms with Gasteiger partial charge in [-0.1, -0.05) is 11.6 Å². The van der Waals surface area contributed by atoms with Gasteiger partial charge in [-0.05, 0) is 69.3 Å². The summed E-state index contributed by atoms with van der Waals surface area (Å²) in [4.78, 5) is 12.5. The SMILES string of the molecule is COc1ccc(Cl)cc1C1(CNC(=O)CCC2CCNCC2)CCOCC1.Cl. The highest BCUT2D eigenvalue weighted by Crippen LogP contribution is 2.40. The van der Waals surface area contributed by atoms with Crippen LogP contribution in [0.15, 0.2) is 18.2 Å². The molecular formula is C21H32Cl2N2O3. The van der Waals surface area contributed by atoms with Crippen molar-refractivity contribution in [2.24, 2.45) is 5.92 Å². The van der Waals surface area contributed by atoms with Gasteiger partial charge in [-0.3, -0.25) is 4.79 Å². The molecule has 0 spiro atoms. The molecule has 0 bridgehead atoms. The zero-order valence-corrected chi connectivity index (χ0v) is 18.2. The number of halogens is 2. The molecule has 2 aliphatic heterocycles. The van der Waals surface area contributed by atoms with E-state index in [1.54, 1.807) is 7.11 Å². The highest BCUT2D eigenvalue weighted by Gasteiger charge is 2.37. The van der Waals surface area contributed by atoms with Crippen LogP contribution < -0.4 is 15.4 Å². The van der Waals surface area contributed by atoms with E-state index >= 15 is 0 Å². The van der Waals surface area contributed by atoms with Gasteiger partial charge in [0.05, 0.1) is 7.11 Å². The second-order valence-corrected chi connectivity index (χ2v) is 8.18. The average molecular weight is 431 g/mol. The lowest BCUT2D eigenvalue weighted by molar-refractivity contribution is -0.122. The Kier molecular flexibility index (Phi) is 9.35. The molecule has 2 heterocycles. The molecule has 1 aromatic rings. The fourth-order valence-corrected chi connectivity index (χ4v) is 4.43. The van der Waals surface area contributed by atoms with E-state index in [4.69, 9.17) is 21.1 Å². The molecule has 0 aliphatic carbocycles. The van der Waals surface area contributed by atoms with Gasteiger partial charge in [0.25, 0.3) is 0 Å². The fourth-order valence-electron chi connectivity index (χ4n) is 4.26. The number of rotatable bonds is 7. The molecule has 2 fully saturated rings. The Morgan fingerprint density at radius 3 is 2.71 bits per heavy atom. The van der Waals surface area contributed by atoms with Crippen molar-refractivity contribution < 1.29 is 14.3 Å². The number of methoxy groups -OCH3 is 1. The molecule has 0 aromatic heterocycles. The van der Waals surface area contributed by atoms with Gasteiger partial charge >= 0.3 is 0 Å². The molecule has 1 amide bonds. The molecule has 0 atom stereocenters. The number of ether oxygens (including phenoxy) is 2. The molecule has 3 rings (SSSR count). The highest BCUT2D eigenvalue weighted by atomic mass is 35.5. The number of hydrogen-bond acceptors (Lipinski definition) is 4. The molecule has 0 saturated carbocycles. The predicted octanol–water partition coefficient (Wildman–Crippen LogP) is 3.71. The first-order valence-electron chi connectivity index (χ1n) is 10.0. The summed E-state index contributed by atoms with van der Waals surface area (Å²) in [5, 5.41) is 7.26. The third kappa shape index (κ3) is 5.99. The first-order chi connectivity index (χ1) is 13.1. The van der Waals surface area contributed by atoms with Gasteiger partial charge in [0, 0.05) is 42.2 Å². The molecule has 28 heavy (non-hydrogen) atoms. The standard InChI is InChI=1S/C21H31ClN2O3.ClH/c1-26-19-4-3-17(22)14-18(19)21(8-12-27-13-9-21)15-24-20(25)5-2-16-6-10-23-11-7-16;/h3-4,14,16,23H,2,5-13,15H2,1H3,(H,24,25);1H. The largest absolute Gasteiger partial charge is 0.496 e. The molecule has 0 unspecified atom stereocenters. The van der Waals surface area contributed by atoms with Crippen LogP contribution >= 0.6 is 24.0 Å². The molecule has 7 heteroatoms. The topological polar surface area (TPSA) is 59.6 Å². The lowest BCUT2D eigenvalue weighted by Gasteiger charge is -2.38. The van der Waals surface area contributed by atoms with Gasteiger partial charge in [0.15, 0.2) is 0 Å². The van der Waals surface area contributed by atoms with Crippen LogP contribution in [-0.4, -0.2) is 45.9 Å². The third-order valence-corrected chi connectivity index (χ3v) is 6.28. The normalized spacial score (nSPS) is 19.5. The van der Waals surface area contributed by atoms with Crippen molar-refractivity contribution in [3.05, 3.63) is 28.8 Å². The van der Waals surface area contributed by atoms with Crippen molar-refractivity contribution >= 4 is 29.9 Å². The van der Waals surface area contributed by atoms with Gasteiger partial charge in [-0.15, -0.1) is 12.4 Å². The minimum absolute atomic E-state index is 0. The quantitative estimate of drug-likeness (QED) is 0.691. The smallest absolute Gasteiger partial charge is 0.220 e. The Morgan fingerprint density at radius 2 is 2.04 bits per heavy atom. The van der Waals surface area contributed by atoms with Gasteiger partial charge in [-0.25, -0.2) is 0 Å². The zero-order valence-electron chi connectivity index (χ0n) is 16.6. The maximum Gasteiger partial charge on any atom is 0.220 e. The maximum atomic E-state index is 12.5. The summed E-state index contributed by atoms with van der Waals surface area (Å²) in [7, 11) is 1.68. The van der Waals surface area contributed by atoms with Crippen molar-refractivity contribution in [3.63, 3.8) is 0 Å². The minimum Gasteiger partial charge on any atom is -0.496 e. The van der Waals surface area contributed by atoms with Gasteiger partial charge in [-0.2, -0.15) is 0 Å². The first kappa shape index (κ1) is 23.3. The van der Waals surface area contributed by atoms with E-state index in [9.17, 15) is 4.79 Å². The number of piperidine rings is 1. The van der Waals surface area contributed by atoms with Crippen LogP contribution in [0.4, 0.5) is 0 Å². The van der Waals surface area contributed by atoms with Crippen molar-refractivity contribution in [2.75, 3.05) is 40.0 Å². The number of carbonyl (C=O) groups is 1. The Hall–Kier alpha value is -1.01. The predicted molar refractivity (Wildman–Crippen MR) is 115 cm³/mol. The second kappa shape index (κ2) is 11.2. The monoisotopic (exact) mass is 430 g/mol. The van der Waals surface area contributed by atoms with Crippen LogP contribution in [-0.2, 0) is 14.9 Å². The summed E-state index contributed by atoms with van der Waals surface area (Å²) in [5.41, 5.74) is 0.873. The number of hydrogen-bond donors (Lipinski definition) is 2. The molecule has 2 aliphatic rings. The maximum absolute atomic E-state index is 12.5. The van der Waals surface area contributed by atoms with E-state index in [0.29, 0.717) is 37.1 Å². The van der Waals surface area contributed by atoms with Crippen LogP contribution in [0.5, 0.6) is 5.75 Å². The summed E-state index contributed by atoms with van der Waals surface area (Å²) in [5.74, 6) is 1.63. The summed E-state index contributed by atoms with van der Waals surface area (Å²) < 4.78 is 11.2. The number of amides is 1. The van der Waals surface area contributed by atoms with Crippen molar-refractivity contribution in [3.8, 4) is 5.75 Å². The fraction of sp³-hybridized carbons (Fsp3) is 0.667. The summed E-state index contributed by atoms with van der Waals surface area (Å²) in [6, 6.07) is 5.73. The Balaban J connectivity index is 0.00000280. The lowest BCUT2D eigenvalue weighted by atomic mass is 9.73. The van der Waals surface area contributed by atoms with Crippen LogP contribution in [0.1, 0.15) is 44.1 Å². The molecule has 2 saturated heterocycles. The molecule has 5 nitrogen and oxygen atoms in total. The van der Waals surface area contributed by atoms with E-state index in [2.05, 4.69) is 10.6 Å². The van der Waals surface area contributed by atoms with Crippen molar-refractivity contribution in [2.45, 2.75) is 43.9 Å². The first-order valence-corrected chi connectivity index (χ1v) is 10.4. The zero-order chi connectivity index (χ0) is 19.1. The number of nitrogens with one attached hydrogen (secondary N) is 2. The Bertz CT molecular complexity index is 630. The van der Waals surface area contributed by atoms with E-state index in [-0.39, 0.29) is 23.7 Å². The Labute approximate surface area is 179 Å². The third-order valence-electron chi connectivity index (χ3n) is 6.05. The number of benzene rings is 1. The van der Waals surface area contributed by atoms with Crippen LogP contribution in [0.3, 0.4) is 0 Å². The summed E-state index contributed by atoms with van der Waals surface area (Å²) in [6.45, 7) is 4.10. The van der Waals surface area contributed by atoms with Crippen LogP contribution in [0.25, 0.3) is 0 Å². The molecule has 0 radical (unpaired) electrons.